The first-order valence-electron chi connectivity index (χ1n) is 9.98. The highest BCUT2D eigenvalue weighted by atomic mass is 32.2. The molecule has 1 N–H and O–H groups in total. The molecule has 1 amide bonds. The number of nitrogens with one attached hydrogen (secondary N) is 1. The Kier molecular flexibility index (Phi) is 6.59. The van der Waals surface area contributed by atoms with Gasteiger partial charge in [-0.1, -0.05) is 38.1 Å². The van der Waals surface area contributed by atoms with E-state index in [1.165, 1.54) is 6.07 Å². The fourth-order valence-corrected chi connectivity index (χ4v) is 4.67. The summed E-state index contributed by atoms with van der Waals surface area (Å²) in [5.74, 6) is -0.161. The van der Waals surface area contributed by atoms with E-state index in [1.54, 1.807) is 17.0 Å². The third-order valence-electron chi connectivity index (χ3n) is 5.28. The van der Waals surface area contributed by atoms with Gasteiger partial charge in [-0.2, -0.15) is 0 Å². The molecule has 2 aromatic rings. The standard InChI is InChI=1S/C22H28N2O4S/c1-4-17-7-6-8-18(5-2)21(17)23-29(26,27)19-10-9-16(3)20(15-19)22(25)24-11-13-28-14-12-24/h6-10,15,23H,4-5,11-14H2,1-3H3. The van der Waals surface area contributed by atoms with Gasteiger partial charge < -0.3 is 9.64 Å². The summed E-state index contributed by atoms with van der Waals surface area (Å²) in [5, 5.41) is 0. The van der Waals surface area contributed by atoms with Crippen LogP contribution < -0.4 is 4.72 Å². The number of hydrogen-bond donors (Lipinski definition) is 1. The second-order valence-corrected chi connectivity index (χ2v) is 8.83. The van der Waals surface area contributed by atoms with Crippen LogP contribution in [-0.2, 0) is 27.6 Å². The van der Waals surface area contributed by atoms with Crippen LogP contribution >= 0.6 is 0 Å². The second-order valence-electron chi connectivity index (χ2n) is 7.15. The molecule has 7 heteroatoms. The van der Waals surface area contributed by atoms with Crippen LogP contribution in [0.1, 0.15) is 40.9 Å². The van der Waals surface area contributed by atoms with E-state index in [2.05, 4.69) is 4.72 Å². The van der Waals surface area contributed by atoms with E-state index in [0.29, 0.717) is 37.6 Å². The Morgan fingerprint density at radius 3 is 2.28 bits per heavy atom. The van der Waals surface area contributed by atoms with E-state index in [4.69, 9.17) is 4.74 Å². The smallest absolute Gasteiger partial charge is 0.261 e. The van der Waals surface area contributed by atoms with Crippen LogP contribution in [0.2, 0.25) is 0 Å². The number of amides is 1. The molecule has 0 aliphatic carbocycles. The summed E-state index contributed by atoms with van der Waals surface area (Å²) < 4.78 is 34.4. The molecule has 156 valence electrons. The zero-order chi connectivity index (χ0) is 21.0. The summed E-state index contributed by atoms with van der Waals surface area (Å²) in [7, 11) is -3.83. The van der Waals surface area contributed by atoms with Crippen LogP contribution in [0, 0.1) is 6.92 Å². The van der Waals surface area contributed by atoms with Crippen molar-refractivity contribution < 1.29 is 17.9 Å². The van der Waals surface area contributed by atoms with Gasteiger partial charge in [-0.3, -0.25) is 9.52 Å². The van der Waals surface area contributed by atoms with Gasteiger partial charge in [0.2, 0.25) is 0 Å². The monoisotopic (exact) mass is 416 g/mol. The van der Waals surface area contributed by atoms with Gasteiger partial charge in [0.15, 0.2) is 0 Å². The molecule has 0 spiro atoms. The van der Waals surface area contributed by atoms with Crippen molar-refractivity contribution in [2.24, 2.45) is 0 Å². The Bertz CT molecular complexity index is 974. The van der Waals surface area contributed by atoms with Crippen molar-refractivity contribution in [1.29, 1.82) is 0 Å². The number of carbonyl (C=O) groups excluding carboxylic acids is 1. The minimum Gasteiger partial charge on any atom is -0.378 e. The zero-order valence-electron chi connectivity index (χ0n) is 17.2. The summed E-state index contributed by atoms with van der Waals surface area (Å²) in [6.07, 6.45) is 1.45. The lowest BCUT2D eigenvalue weighted by atomic mass is 10.0. The van der Waals surface area contributed by atoms with E-state index >= 15 is 0 Å². The topological polar surface area (TPSA) is 75.7 Å². The Labute approximate surface area is 172 Å². The Morgan fingerprint density at radius 1 is 1.07 bits per heavy atom. The molecule has 1 aliphatic heterocycles. The predicted molar refractivity (Wildman–Crippen MR) is 114 cm³/mol. The summed E-state index contributed by atoms with van der Waals surface area (Å²) in [4.78, 5) is 14.7. The maximum Gasteiger partial charge on any atom is 0.261 e. The Hall–Kier alpha value is -2.38. The fourth-order valence-electron chi connectivity index (χ4n) is 3.50. The lowest BCUT2D eigenvalue weighted by Crippen LogP contribution is -2.41. The van der Waals surface area contributed by atoms with Crippen LogP contribution in [0.3, 0.4) is 0 Å². The van der Waals surface area contributed by atoms with Crippen LogP contribution in [0.5, 0.6) is 0 Å². The van der Waals surface area contributed by atoms with Crippen molar-refractivity contribution in [2.45, 2.75) is 38.5 Å². The SMILES string of the molecule is CCc1cccc(CC)c1NS(=O)(=O)c1ccc(C)c(C(=O)N2CCOCC2)c1. The van der Waals surface area contributed by atoms with E-state index in [9.17, 15) is 13.2 Å². The molecule has 0 radical (unpaired) electrons. The molecule has 0 bridgehead atoms. The summed E-state index contributed by atoms with van der Waals surface area (Å²) in [6, 6.07) is 10.5. The van der Waals surface area contributed by atoms with E-state index < -0.39 is 10.0 Å². The molecule has 1 fully saturated rings. The quantitative estimate of drug-likeness (QED) is 0.783. The van der Waals surface area contributed by atoms with Crippen molar-refractivity contribution in [3.8, 4) is 0 Å². The molecule has 0 unspecified atom stereocenters. The minimum absolute atomic E-state index is 0.0904. The third-order valence-corrected chi connectivity index (χ3v) is 6.63. The summed E-state index contributed by atoms with van der Waals surface area (Å²) >= 11 is 0. The molecule has 0 atom stereocenters. The first-order chi connectivity index (χ1) is 13.9. The fraction of sp³-hybridized carbons (Fsp3) is 0.409. The van der Waals surface area contributed by atoms with Gasteiger partial charge in [0.25, 0.3) is 15.9 Å². The van der Waals surface area contributed by atoms with Crippen LogP contribution in [0.4, 0.5) is 5.69 Å². The summed E-state index contributed by atoms with van der Waals surface area (Å²) in [6.45, 7) is 7.83. The van der Waals surface area contributed by atoms with E-state index in [1.807, 2.05) is 39.0 Å². The molecular weight excluding hydrogens is 388 g/mol. The van der Waals surface area contributed by atoms with Gasteiger partial charge in [0.05, 0.1) is 23.8 Å². The van der Waals surface area contributed by atoms with Crippen LogP contribution in [0.15, 0.2) is 41.3 Å². The van der Waals surface area contributed by atoms with Crippen molar-refractivity contribution in [3.63, 3.8) is 0 Å². The summed E-state index contributed by atoms with van der Waals surface area (Å²) in [5.41, 5.74) is 3.70. The lowest BCUT2D eigenvalue weighted by molar-refractivity contribution is 0.0302. The highest BCUT2D eigenvalue weighted by molar-refractivity contribution is 7.92. The van der Waals surface area contributed by atoms with Crippen molar-refractivity contribution in [2.75, 3.05) is 31.0 Å². The molecule has 1 saturated heterocycles. The van der Waals surface area contributed by atoms with Crippen LogP contribution in [0.25, 0.3) is 0 Å². The molecule has 0 aromatic heterocycles. The third kappa shape index (κ3) is 4.62. The van der Waals surface area contributed by atoms with Gasteiger partial charge >= 0.3 is 0 Å². The normalized spacial score (nSPS) is 14.7. The number of nitrogens with zero attached hydrogens (tertiary/aromatic N) is 1. The second kappa shape index (κ2) is 8.97. The molecule has 2 aromatic carbocycles. The average molecular weight is 417 g/mol. The van der Waals surface area contributed by atoms with E-state index in [-0.39, 0.29) is 10.8 Å². The van der Waals surface area contributed by atoms with Gasteiger partial charge in [-0.25, -0.2) is 8.42 Å². The molecule has 1 aliphatic rings. The van der Waals surface area contributed by atoms with Crippen molar-refractivity contribution in [3.05, 3.63) is 58.7 Å². The number of anilines is 1. The first-order valence-corrected chi connectivity index (χ1v) is 11.5. The van der Waals surface area contributed by atoms with Gasteiger partial charge in [0, 0.05) is 18.7 Å². The molecule has 29 heavy (non-hydrogen) atoms. The lowest BCUT2D eigenvalue weighted by Gasteiger charge is -2.27. The first kappa shape index (κ1) is 21.3. The largest absolute Gasteiger partial charge is 0.378 e. The van der Waals surface area contributed by atoms with Crippen LogP contribution in [-0.4, -0.2) is 45.5 Å². The highest BCUT2D eigenvalue weighted by Crippen LogP contribution is 2.27. The number of aryl methyl sites for hydroxylation is 3. The Morgan fingerprint density at radius 2 is 1.69 bits per heavy atom. The molecule has 0 saturated carbocycles. The van der Waals surface area contributed by atoms with Gasteiger partial charge in [0.1, 0.15) is 0 Å². The van der Waals surface area contributed by atoms with Gasteiger partial charge in [-0.15, -0.1) is 0 Å². The van der Waals surface area contributed by atoms with Gasteiger partial charge in [-0.05, 0) is 48.6 Å². The average Bonchev–Trinajstić information content (AvgIpc) is 2.74. The number of ether oxygens (including phenoxy) is 1. The van der Waals surface area contributed by atoms with Crippen molar-refractivity contribution in [1.82, 2.24) is 4.90 Å². The number of benzene rings is 2. The number of carbonyl (C=O) groups is 1. The maximum atomic E-state index is 13.1. The van der Waals surface area contributed by atoms with E-state index in [0.717, 1.165) is 29.5 Å². The number of hydrogen-bond acceptors (Lipinski definition) is 4. The highest BCUT2D eigenvalue weighted by Gasteiger charge is 2.24. The number of rotatable bonds is 6. The number of para-hydroxylation sites is 1. The number of sulfonamides is 1. The van der Waals surface area contributed by atoms with Crippen molar-refractivity contribution >= 4 is 21.6 Å². The minimum atomic E-state index is -3.83. The molecular formula is C22H28N2O4S. The number of morpholine rings is 1. The molecule has 3 rings (SSSR count). The maximum absolute atomic E-state index is 13.1. The predicted octanol–water partition coefficient (Wildman–Crippen LogP) is 3.39. The molecule has 1 heterocycles. The Balaban J connectivity index is 1.95. The zero-order valence-corrected chi connectivity index (χ0v) is 18.0. The molecule has 6 nitrogen and oxygen atoms in total.